The van der Waals surface area contributed by atoms with E-state index in [1.54, 1.807) is 12.1 Å². The number of carboxylic acids is 1. The van der Waals surface area contributed by atoms with Crippen molar-refractivity contribution in [2.24, 2.45) is 0 Å². The average molecular weight is 274 g/mol. The van der Waals surface area contributed by atoms with Gasteiger partial charge in [0.15, 0.2) is 0 Å². The molecule has 3 rings (SSSR count). The van der Waals surface area contributed by atoms with Crippen LogP contribution >= 0.6 is 11.6 Å². The Labute approximate surface area is 116 Å². The second kappa shape index (κ2) is 4.59. The summed E-state index contributed by atoms with van der Waals surface area (Å²) < 4.78 is 0. The van der Waals surface area contributed by atoms with Crippen LogP contribution in [0, 0.1) is 0 Å². The minimum atomic E-state index is -0.957. The molecule has 0 bridgehead atoms. The lowest BCUT2D eigenvalue weighted by atomic mass is 10.1. The number of hydrogen-bond acceptors (Lipinski definition) is 2. The largest absolute Gasteiger partial charge is 0.478 e. The van der Waals surface area contributed by atoms with Crippen LogP contribution in [-0.4, -0.2) is 17.6 Å². The van der Waals surface area contributed by atoms with Crippen LogP contribution in [0.5, 0.6) is 0 Å². The van der Waals surface area contributed by atoms with Crippen LogP contribution in [0.4, 0.5) is 11.4 Å². The molecule has 3 nitrogen and oxygen atoms in total. The molecule has 2 aromatic carbocycles. The number of anilines is 2. The van der Waals surface area contributed by atoms with Crippen LogP contribution in [0.2, 0.25) is 5.02 Å². The third-order valence-electron chi connectivity index (χ3n) is 3.37. The lowest BCUT2D eigenvalue weighted by molar-refractivity contribution is 0.0697. The third-order valence-corrected chi connectivity index (χ3v) is 3.60. The summed E-state index contributed by atoms with van der Waals surface area (Å²) in [7, 11) is 0. The van der Waals surface area contributed by atoms with Crippen molar-refractivity contribution in [3.63, 3.8) is 0 Å². The second-order valence-corrected chi connectivity index (χ2v) is 4.93. The first-order chi connectivity index (χ1) is 9.16. The molecular weight excluding hydrogens is 262 g/mol. The number of carbonyl (C=O) groups is 1. The van der Waals surface area contributed by atoms with Crippen LogP contribution < -0.4 is 4.90 Å². The minimum absolute atomic E-state index is 0.240. The molecule has 1 aliphatic heterocycles. The van der Waals surface area contributed by atoms with Gasteiger partial charge in [0.05, 0.1) is 11.3 Å². The van der Waals surface area contributed by atoms with Crippen LogP contribution in [0.1, 0.15) is 15.9 Å². The molecule has 1 heterocycles. The van der Waals surface area contributed by atoms with Gasteiger partial charge in [-0.05, 0) is 36.2 Å². The molecule has 0 aliphatic carbocycles. The van der Waals surface area contributed by atoms with E-state index >= 15 is 0 Å². The highest BCUT2D eigenvalue weighted by Gasteiger charge is 2.23. The third kappa shape index (κ3) is 2.06. The second-order valence-electron chi connectivity index (χ2n) is 4.50. The van der Waals surface area contributed by atoms with Gasteiger partial charge in [0.25, 0.3) is 0 Å². The van der Waals surface area contributed by atoms with E-state index in [1.807, 2.05) is 23.1 Å². The van der Waals surface area contributed by atoms with Gasteiger partial charge in [-0.3, -0.25) is 0 Å². The van der Waals surface area contributed by atoms with Crippen molar-refractivity contribution in [1.29, 1.82) is 0 Å². The highest BCUT2D eigenvalue weighted by molar-refractivity contribution is 6.31. The van der Waals surface area contributed by atoms with Crippen molar-refractivity contribution in [2.75, 3.05) is 11.4 Å². The summed E-state index contributed by atoms with van der Waals surface area (Å²) in [5.74, 6) is -0.957. The zero-order chi connectivity index (χ0) is 13.4. The van der Waals surface area contributed by atoms with Crippen LogP contribution in [0.15, 0.2) is 42.5 Å². The Bertz CT molecular complexity index is 654. The predicted molar refractivity (Wildman–Crippen MR) is 75.6 cm³/mol. The highest BCUT2D eigenvalue weighted by atomic mass is 35.5. The van der Waals surface area contributed by atoms with E-state index in [2.05, 4.69) is 6.07 Å². The molecule has 0 saturated heterocycles. The van der Waals surface area contributed by atoms with Gasteiger partial charge in [-0.2, -0.15) is 0 Å². The molecule has 19 heavy (non-hydrogen) atoms. The first kappa shape index (κ1) is 12.1. The molecule has 0 amide bonds. The normalized spacial score (nSPS) is 13.4. The van der Waals surface area contributed by atoms with Gasteiger partial charge in [0, 0.05) is 17.3 Å². The van der Waals surface area contributed by atoms with Crippen molar-refractivity contribution in [3.8, 4) is 0 Å². The summed E-state index contributed by atoms with van der Waals surface area (Å²) in [6.45, 7) is 0.793. The number of aromatic carboxylic acids is 1. The van der Waals surface area contributed by atoms with Crippen molar-refractivity contribution in [2.45, 2.75) is 6.42 Å². The monoisotopic (exact) mass is 273 g/mol. The summed E-state index contributed by atoms with van der Waals surface area (Å²) in [4.78, 5) is 13.4. The Morgan fingerprint density at radius 2 is 1.95 bits per heavy atom. The van der Waals surface area contributed by atoms with Crippen molar-refractivity contribution in [3.05, 3.63) is 58.6 Å². The van der Waals surface area contributed by atoms with Gasteiger partial charge in [-0.1, -0.05) is 29.8 Å². The zero-order valence-electron chi connectivity index (χ0n) is 10.1. The van der Waals surface area contributed by atoms with E-state index in [9.17, 15) is 9.90 Å². The topological polar surface area (TPSA) is 40.5 Å². The Morgan fingerprint density at radius 3 is 2.74 bits per heavy atom. The lowest BCUT2D eigenvalue weighted by Crippen LogP contribution is -2.16. The molecule has 96 valence electrons. The fourth-order valence-corrected chi connectivity index (χ4v) is 2.68. The van der Waals surface area contributed by atoms with Gasteiger partial charge in [0.1, 0.15) is 0 Å². The van der Waals surface area contributed by atoms with Crippen molar-refractivity contribution in [1.82, 2.24) is 0 Å². The SMILES string of the molecule is O=C(O)c1cc(Cl)ccc1N1CCc2ccccc21. The maximum atomic E-state index is 11.4. The average Bonchev–Trinajstić information content (AvgIpc) is 2.82. The molecule has 0 spiro atoms. The standard InChI is InChI=1S/C15H12ClNO2/c16-11-5-6-14(12(9-11)15(18)19)17-8-7-10-3-1-2-4-13(10)17/h1-6,9H,7-8H2,(H,18,19). The summed E-state index contributed by atoms with van der Waals surface area (Å²) in [5, 5.41) is 9.75. The Balaban J connectivity index is 2.12. The maximum absolute atomic E-state index is 11.4. The summed E-state index contributed by atoms with van der Waals surface area (Å²) in [5.41, 5.74) is 3.26. The number of nitrogens with zero attached hydrogens (tertiary/aromatic N) is 1. The summed E-state index contributed by atoms with van der Waals surface area (Å²) in [6.07, 6.45) is 0.928. The molecule has 0 unspecified atom stereocenters. The quantitative estimate of drug-likeness (QED) is 0.906. The molecule has 1 N–H and O–H groups in total. The van der Waals surface area contributed by atoms with Crippen molar-refractivity contribution < 1.29 is 9.90 Å². The molecular formula is C15H12ClNO2. The van der Waals surface area contributed by atoms with Gasteiger partial charge >= 0.3 is 5.97 Å². The van der Waals surface area contributed by atoms with Gasteiger partial charge in [-0.25, -0.2) is 4.79 Å². The molecule has 0 atom stereocenters. The number of para-hydroxylation sites is 1. The molecule has 1 aliphatic rings. The lowest BCUT2D eigenvalue weighted by Gasteiger charge is -2.21. The van der Waals surface area contributed by atoms with Gasteiger partial charge in [-0.15, -0.1) is 0 Å². The first-order valence-electron chi connectivity index (χ1n) is 6.05. The van der Waals surface area contributed by atoms with Crippen LogP contribution in [0.3, 0.4) is 0 Å². The molecule has 0 radical (unpaired) electrons. The van der Waals surface area contributed by atoms with Gasteiger partial charge in [0.2, 0.25) is 0 Å². The minimum Gasteiger partial charge on any atom is -0.478 e. The smallest absolute Gasteiger partial charge is 0.337 e. The Kier molecular flexibility index (Phi) is 2.91. The number of fused-ring (bicyclic) bond motifs is 1. The van der Waals surface area contributed by atoms with Crippen molar-refractivity contribution >= 4 is 28.9 Å². The van der Waals surface area contributed by atoms with E-state index in [0.717, 1.165) is 18.7 Å². The number of hydrogen-bond donors (Lipinski definition) is 1. The van der Waals surface area contributed by atoms with E-state index in [4.69, 9.17) is 11.6 Å². The van der Waals surface area contributed by atoms with Crippen LogP contribution in [-0.2, 0) is 6.42 Å². The summed E-state index contributed by atoms with van der Waals surface area (Å²) >= 11 is 5.89. The van der Waals surface area contributed by atoms with Crippen LogP contribution in [0.25, 0.3) is 0 Å². The first-order valence-corrected chi connectivity index (χ1v) is 6.43. The molecule has 2 aromatic rings. The predicted octanol–water partition coefficient (Wildman–Crippen LogP) is 3.73. The van der Waals surface area contributed by atoms with E-state index in [0.29, 0.717) is 10.7 Å². The van der Waals surface area contributed by atoms with E-state index in [-0.39, 0.29) is 5.56 Å². The number of benzene rings is 2. The number of carboxylic acid groups (broad SMARTS) is 1. The maximum Gasteiger partial charge on any atom is 0.337 e. The zero-order valence-corrected chi connectivity index (χ0v) is 10.9. The molecule has 0 fully saturated rings. The fraction of sp³-hybridized carbons (Fsp3) is 0.133. The summed E-state index contributed by atoms with van der Waals surface area (Å²) in [6, 6.07) is 13.1. The highest BCUT2D eigenvalue weighted by Crippen LogP contribution is 2.36. The fourth-order valence-electron chi connectivity index (χ4n) is 2.50. The number of halogens is 1. The molecule has 0 saturated carbocycles. The Morgan fingerprint density at radius 1 is 1.16 bits per heavy atom. The molecule has 0 aromatic heterocycles. The van der Waals surface area contributed by atoms with E-state index < -0.39 is 5.97 Å². The van der Waals surface area contributed by atoms with Gasteiger partial charge < -0.3 is 10.0 Å². The Hall–Kier alpha value is -2.00. The van der Waals surface area contributed by atoms with E-state index in [1.165, 1.54) is 11.6 Å². The number of rotatable bonds is 2. The molecule has 4 heteroatoms.